The SMILES string of the molecule is CO[C@H]1O[C@H](CO)[C@@H](C)[C@H](OCc2ccccc2)[C@H]1OCc1ccccc1. The maximum absolute atomic E-state index is 9.70. The Balaban J connectivity index is 1.73. The van der Waals surface area contributed by atoms with E-state index in [0.29, 0.717) is 13.2 Å². The quantitative estimate of drug-likeness (QED) is 0.771. The topological polar surface area (TPSA) is 57.2 Å². The maximum Gasteiger partial charge on any atom is 0.186 e. The second kappa shape index (κ2) is 9.97. The summed E-state index contributed by atoms with van der Waals surface area (Å²) in [4.78, 5) is 0. The molecule has 1 N–H and O–H groups in total. The van der Waals surface area contributed by atoms with Gasteiger partial charge in [-0.3, -0.25) is 0 Å². The first-order valence-electron chi connectivity index (χ1n) is 9.33. The van der Waals surface area contributed by atoms with Crippen molar-refractivity contribution in [2.45, 2.75) is 44.7 Å². The van der Waals surface area contributed by atoms with E-state index >= 15 is 0 Å². The van der Waals surface area contributed by atoms with Crippen molar-refractivity contribution in [3.8, 4) is 0 Å². The van der Waals surface area contributed by atoms with Gasteiger partial charge in [0.15, 0.2) is 6.29 Å². The van der Waals surface area contributed by atoms with E-state index in [4.69, 9.17) is 18.9 Å². The normalized spacial score (nSPS) is 28.2. The predicted molar refractivity (Wildman–Crippen MR) is 102 cm³/mol. The van der Waals surface area contributed by atoms with Crippen LogP contribution in [0.3, 0.4) is 0 Å². The predicted octanol–water partition coefficient (Wildman–Crippen LogP) is 3.16. The lowest BCUT2D eigenvalue weighted by Gasteiger charge is -2.44. The largest absolute Gasteiger partial charge is 0.394 e. The van der Waals surface area contributed by atoms with Crippen LogP contribution in [-0.2, 0) is 32.2 Å². The number of aliphatic hydroxyl groups is 1. The third-order valence-electron chi connectivity index (χ3n) is 4.99. The number of hydrogen-bond acceptors (Lipinski definition) is 5. The molecule has 0 unspecified atom stereocenters. The average molecular weight is 372 g/mol. The zero-order valence-electron chi connectivity index (χ0n) is 15.9. The van der Waals surface area contributed by atoms with E-state index < -0.39 is 12.4 Å². The summed E-state index contributed by atoms with van der Waals surface area (Å²) in [5, 5.41) is 9.70. The molecule has 0 spiro atoms. The summed E-state index contributed by atoms with van der Waals surface area (Å²) in [6.07, 6.45) is -1.60. The number of benzene rings is 2. The molecule has 2 aromatic carbocycles. The van der Waals surface area contributed by atoms with E-state index in [2.05, 4.69) is 0 Å². The van der Waals surface area contributed by atoms with Gasteiger partial charge in [0, 0.05) is 13.0 Å². The molecule has 5 heteroatoms. The van der Waals surface area contributed by atoms with Crippen molar-refractivity contribution in [3.05, 3.63) is 71.8 Å². The summed E-state index contributed by atoms with van der Waals surface area (Å²) >= 11 is 0. The molecule has 0 saturated carbocycles. The molecule has 1 saturated heterocycles. The van der Waals surface area contributed by atoms with Gasteiger partial charge in [0.2, 0.25) is 0 Å². The minimum atomic E-state index is -0.595. The lowest BCUT2D eigenvalue weighted by Crippen LogP contribution is -2.57. The monoisotopic (exact) mass is 372 g/mol. The Morgan fingerprint density at radius 3 is 1.85 bits per heavy atom. The van der Waals surface area contributed by atoms with Crippen LogP contribution in [0.4, 0.5) is 0 Å². The molecule has 1 aliphatic rings. The summed E-state index contributed by atoms with van der Waals surface area (Å²) in [7, 11) is 1.59. The van der Waals surface area contributed by atoms with Crippen LogP contribution in [0.1, 0.15) is 18.1 Å². The highest BCUT2D eigenvalue weighted by Gasteiger charge is 2.45. The van der Waals surface area contributed by atoms with E-state index in [9.17, 15) is 5.11 Å². The molecule has 1 fully saturated rings. The highest BCUT2D eigenvalue weighted by Crippen LogP contribution is 2.31. The zero-order valence-corrected chi connectivity index (χ0v) is 15.9. The van der Waals surface area contributed by atoms with E-state index in [1.54, 1.807) is 7.11 Å². The van der Waals surface area contributed by atoms with Crippen molar-refractivity contribution in [1.29, 1.82) is 0 Å². The standard InChI is InChI=1S/C22H28O5/c1-16-19(13-23)27-22(24-2)21(26-15-18-11-7-4-8-12-18)20(16)25-14-17-9-5-3-6-10-17/h3-12,16,19-23H,13-15H2,1-2H3/t16-,19-,20+,21-,22+/m1/s1. The Kier molecular flexibility index (Phi) is 7.38. The third-order valence-corrected chi connectivity index (χ3v) is 4.99. The molecule has 27 heavy (non-hydrogen) atoms. The summed E-state index contributed by atoms with van der Waals surface area (Å²) in [5.74, 6) is -0.0362. The molecule has 0 aromatic heterocycles. The molecule has 146 valence electrons. The summed E-state index contributed by atoms with van der Waals surface area (Å²) in [6.45, 7) is 2.84. The average Bonchev–Trinajstić information content (AvgIpc) is 2.73. The van der Waals surface area contributed by atoms with Crippen LogP contribution in [0.2, 0.25) is 0 Å². The van der Waals surface area contributed by atoms with Gasteiger partial charge < -0.3 is 24.1 Å². The Morgan fingerprint density at radius 2 is 1.37 bits per heavy atom. The van der Waals surface area contributed by atoms with Gasteiger partial charge in [0.1, 0.15) is 6.10 Å². The van der Waals surface area contributed by atoms with Crippen molar-refractivity contribution in [3.63, 3.8) is 0 Å². The fraction of sp³-hybridized carbons (Fsp3) is 0.455. The minimum Gasteiger partial charge on any atom is -0.394 e. The number of methoxy groups -OCH3 is 1. The number of hydrogen-bond donors (Lipinski definition) is 1. The van der Waals surface area contributed by atoms with Crippen molar-refractivity contribution in [2.75, 3.05) is 13.7 Å². The highest BCUT2D eigenvalue weighted by molar-refractivity contribution is 5.14. The zero-order chi connectivity index (χ0) is 19.1. The number of aliphatic hydroxyl groups excluding tert-OH is 1. The number of ether oxygens (including phenoxy) is 4. The van der Waals surface area contributed by atoms with Crippen molar-refractivity contribution >= 4 is 0 Å². The minimum absolute atomic E-state index is 0.0362. The number of rotatable bonds is 8. The highest BCUT2D eigenvalue weighted by atomic mass is 16.7. The van der Waals surface area contributed by atoms with Crippen LogP contribution in [0.25, 0.3) is 0 Å². The van der Waals surface area contributed by atoms with E-state index in [-0.39, 0.29) is 24.7 Å². The maximum atomic E-state index is 9.70. The Morgan fingerprint density at radius 1 is 0.852 bits per heavy atom. The molecular formula is C22H28O5. The first-order valence-corrected chi connectivity index (χ1v) is 9.33. The van der Waals surface area contributed by atoms with Crippen LogP contribution in [0.5, 0.6) is 0 Å². The molecule has 0 amide bonds. The Labute approximate surface area is 160 Å². The van der Waals surface area contributed by atoms with Crippen molar-refractivity contribution in [2.24, 2.45) is 5.92 Å². The second-order valence-corrected chi connectivity index (χ2v) is 6.84. The molecular weight excluding hydrogens is 344 g/mol. The van der Waals surface area contributed by atoms with Crippen LogP contribution in [-0.4, -0.2) is 43.4 Å². The molecule has 1 heterocycles. The van der Waals surface area contributed by atoms with Gasteiger partial charge in [0.25, 0.3) is 0 Å². The van der Waals surface area contributed by atoms with E-state index in [0.717, 1.165) is 11.1 Å². The molecule has 0 radical (unpaired) electrons. The van der Waals surface area contributed by atoms with Gasteiger partial charge in [0.05, 0.1) is 32.0 Å². The Bertz CT molecular complexity index is 663. The van der Waals surface area contributed by atoms with Crippen LogP contribution < -0.4 is 0 Å². The molecule has 2 aromatic rings. The molecule has 0 bridgehead atoms. The third kappa shape index (κ3) is 5.15. The van der Waals surface area contributed by atoms with Gasteiger partial charge in [-0.25, -0.2) is 0 Å². The Hall–Kier alpha value is -1.76. The van der Waals surface area contributed by atoms with Gasteiger partial charge in [-0.15, -0.1) is 0 Å². The lowest BCUT2D eigenvalue weighted by molar-refractivity contribution is -0.301. The van der Waals surface area contributed by atoms with Crippen LogP contribution >= 0.6 is 0 Å². The molecule has 3 rings (SSSR count). The van der Waals surface area contributed by atoms with Crippen LogP contribution in [0, 0.1) is 5.92 Å². The smallest absolute Gasteiger partial charge is 0.186 e. The summed E-state index contributed by atoms with van der Waals surface area (Å²) < 4.78 is 23.9. The molecule has 5 nitrogen and oxygen atoms in total. The molecule has 1 aliphatic heterocycles. The van der Waals surface area contributed by atoms with Gasteiger partial charge in [-0.05, 0) is 11.1 Å². The van der Waals surface area contributed by atoms with Crippen LogP contribution in [0.15, 0.2) is 60.7 Å². The van der Waals surface area contributed by atoms with E-state index in [1.807, 2.05) is 67.6 Å². The summed E-state index contributed by atoms with van der Waals surface area (Å²) in [5.41, 5.74) is 2.17. The van der Waals surface area contributed by atoms with Crippen molar-refractivity contribution in [1.82, 2.24) is 0 Å². The van der Waals surface area contributed by atoms with E-state index in [1.165, 1.54) is 0 Å². The fourth-order valence-corrected chi connectivity index (χ4v) is 3.39. The van der Waals surface area contributed by atoms with Gasteiger partial charge in [-0.1, -0.05) is 67.6 Å². The van der Waals surface area contributed by atoms with Gasteiger partial charge >= 0.3 is 0 Å². The molecule has 0 aliphatic carbocycles. The first-order chi connectivity index (χ1) is 13.2. The fourth-order valence-electron chi connectivity index (χ4n) is 3.39. The molecule has 5 atom stereocenters. The second-order valence-electron chi connectivity index (χ2n) is 6.84. The van der Waals surface area contributed by atoms with Crippen molar-refractivity contribution < 1.29 is 24.1 Å². The first kappa shape index (κ1) is 20.0. The summed E-state index contributed by atoms with van der Waals surface area (Å²) in [6, 6.07) is 20.0. The van der Waals surface area contributed by atoms with Gasteiger partial charge in [-0.2, -0.15) is 0 Å². The lowest BCUT2D eigenvalue weighted by atomic mass is 9.90.